The fourth-order valence-corrected chi connectivity index (χ4v) is 4.96. The summed E-state index contributed by atoms with van der Waals surface area (Å²) in [7, 11) is -2.79. The van der Waals surface area contributed by atoms with Gasteiger partial charge in [-0.25, -0.2) is 8.42 Å². The van der Waals surface area contributed by atoms with Gasteiger partial charge in [-0.05, 0) is 19.3 Å². The molecule has 0 amide bonds. The van der Waals surface area contributed by atoms with Gasteiger partial charge < -0.3 is 10.6 Å². The Labute approximate surface area is 176 Å². The molecule has 0 bridgehead atoms. The van der Waals surface area contributed by atoms with Gasteiger partial charge in [0.15, 0.2) is 15.8 Å². The predicted molar refractivity (Wildman–Crippen MR) is 120 cm³/mol. The highest BCUT2D eigenvalue weighted by atomic mass is 127. The summed E-state index contributed by atoms with van der Waals surface area (Å²) >= 11 is 0. The van der Waals surface area contributed by atoms with Crippen molar-refractivity contribution in [2.45, 2.75) is 51.9 Å². The fourth-order valence-electron chi connectivity index (χ4n) is 3.68. The van der Waals surface area contributed by atoms with Crippen LogP contribution in [0.4, 0.5) is 0 Å². The summed E-state index contributed by atoms with van der Waals surface area (Å²) in [6.07, 6.45) is 9.56. The van der Waals surface area contributed by atoms with Gasteiger partial charge in [0.2, 0.25) is 0 Å². The van der Waals surface area contributed by atoms with Crippen molar-refractivity contribution in [2.24, 2.45) is 10.9 Å². The van der Waals surface area contributed by atoms with E-state index in [1.807, 2.05) is 0 Å². The number of aliphatic imine (C=N–C) groups is 1. The number of unbranched alkanes of at least 4 members (excludes halogenated alkanes) is 1. The van der Waals surface area contributed by atoms with Crippen molar-refractivity contribution >= 4 is 39.8 Å². The Morgan fingerprint density at radius 1 is 1.12 bits per heavy atom. The van der Waals surface area contributed by atoms with Crippen molar-refractivity contribution in [3.05, 3.63) is 0 Å². The van der Waals surface area contributed by atoms with Crippen molar-refractivity contribution in [2.75, 3.05) is 50.8 Å². The molecule has 154 valence electrons. The van der Waals surface area contributed by atoms with E-state index in [1.54, 1.807) is 0 Å². The molecule has 0 aromatic rings. The molecule has 2 rings (SSSR count). The molecule has 1 saturated carbocycles. The molecular weight excluding hydrogens is 463 g/mol. The first-order chi connectivity index (χ1) is 12.1. The van der Waals surface area contributed by atoms with Gasteiger partial charge in [-0.15, -0.1) is 24.0 Å². The van der Waals surface area contributed by atoms with Gasteiger partial charge in [0.1, 0.15) is 0 Å². The van der Waals surface area contributed by atoms with Crippen LogP contribution in [0.1, 0.15) is 51.9 Å². The minimum absolute atomic E-state index is 0. The average Bonchev–Trinajstić information content (AvgIpc) is 3.09. The van der Waals surface area contributed by atoms with E-state index < -0.39 is 9.84 Å². The Balaban J connectivity index is 0.00000338. The standard InChI is InChI=1S/C18H36N4O2S.HI/c1-2-19-18(20-10-6-5-9-17-7-3-4-8-17)21-11-12-22-13-15-25(23,24)16-14-22;/h17H,2-16H2,1H3,(H2,19,20,21);1H. The van der Waals surface area contributed by atoms with Crippen LogP contribution < -0.4 is 10.6 Å². The van der Waals surface area contributed by atoms with E-state index in [2.05, 4.69) is 27.4 Å². The third-order valence-corrected chi connectivity index (χ3v) is 6.88. The number of sulfone groups is 1. The van der Waals surface area contributed by atoms with Gasteiger partial charge in [0, 0.05) is 39.3 Å². The SMILES string of the molecule is CCNC(=NCCCCC1CCCC1)NCCN1CCS(=O)(=O)CC1.I. The molecule has 0 radical (unpaired) electrons. The second-order valence-electron chi connectivity index (χ2n) is 7.33. The number of nitrogens with zero attached hydrogens (tertiary/aromatic N) is 2. The molecule has 0 spiro atoms. The lowest BCUT2D eigenvalue weighted by molar-refractivity contribution is 0.299. The van der Waals surface area contributed by atoms with Crippen molar-refractivity contribution < 1.29 is 8.42 Å². The molecule has 2 aliphatic rings. The van der Waals surface area contributed by atoms with Gasteiger partial charge in [0.05, 0.1) is 11.5 Å². The molecule has 2 N–H and O–H groups in total. The second kappa shape index (κ2) is 13.1. The Hall–Kier alpha value is -0.0900. The third kappa shape index (κ3) is 9.73. The first-order valence-electron chi connectivity index (χ1n) is 10.0. The molecule has 2 fully saturated rings. The van der Waals surface area contributed by atoms with E-state index >= 15 is 0 Å². The van der Waals surface area contributed by atoms with Crippen LogP contribution in [0, 0.1) is 5.92 Å². The fraction of sp³-hybridized carbons (Fsp3) is 0.944. The van der Waals surface area contributed by atoms with Crippen LogP contribution in [-0.4, -0.2) is 70.1 Å². The lowest BCUT2D eigenvalue weighted by Crippen LogP contribution is -2.46. The molecule has 26 heavy (non-hydrogen) atoms. The van der Waals surface area contributed by atoms with Gasteiger partial charge in [-0.3, -0.25) is 9.89 Å². The van der Waals surface area contributed by atoms with Gasteiger partial charge in [-0.1, -0.05) is 38.5 Å². The van der Waals surface area contributed by atoms with Crippen LogP contribution in [0.2, 0.25) is 0 Å². The highest BCUT2D eigenvalue weighted by Gasteiger charge is 2.20. The summed E-state index contributed by atoms with van der Waals surface area (Å²) in [6.45, 7) is 6.78. The number of guanidine groups is 1. The van der Waals surface area contributed by atoms with E-state index in [-0.39, 0.29) is 24.0 Å². The molecular formula is C18H37IN4O2S. The van der Waals surface area contributed by atoms with E-state index in [9.17, 15) is 8.42 Å². The van der Waals surface area contributed by atoms with Crippen molar-refractivity contribution in [1.82, 2.24) is 15.5 Å². The Morgan fingerprint density at radius 2 is 1.81 bits per heavy atom. The maximum absolute atomic E-state index is 11.4. The van der Waals surface area contributed by atoms with Crippen molar-refractivity contribution in [1.29, 1.82) is 0 Å². The van der Waals surface area contributed by atoms with Crippen LogP contribution in [0.25, 0.3) is 0 Å². The number of rotatable bonds is 9. The topological polar surface area (TPSA) is 73.8 Å². The van der Waals surface area contributed by atoms with Crippen LogP contribution in [0.3, 0.4) is 0 Å². The molecule has 1 aliphatic carbocycles. The predicted octanol–water partition coefficient (Wildman–Crippen LogP) is 2.25. The smallest absolute Gasteiger partial charge is 0.191 e. The number of hydrogen-bond acceptors (Lipinski definition) is 4. The molecule has 1 saturated heterocycles. The Bertz CT molecular complexity index is 493. The zero-order valence-electron chi connectivity index (χ0n) is 16.2. The summed E-state index contributed by atoms with van der Waals surface area (Å²) in [5, 5.41) is 6.66. The van der Waals surface area contributed by atoms with Crippen LogP contribution in [0.15, 0.2) is 4.99 Å². The highest BCUT2D eigenvalue weighted by Crippen LogP contribution is 2.28. The zero-order valence-corrected chi connectivity index (χ0v) is 19.4. The molecule has 8 heteroatoms. The molecule has 0 aromatic carbocycles. The van der Waals surface area contributed by atoms with Gasteiger partial charge >= 0.3 is 0 Å². The van der Waals surface area contributed by atoms with Crippen LogP contribution in [0.5, 0.6) is 0 Å². The minimum atomic E-state index is -2.79. The van der Waals surface area contributed by atoms with Crippen molar-refractivity contribution in [3.8, 4) is 0 Å². The lowest BCUT2D eigenvalue weighted by Gasteiger charge is -2.26. The highest BCUT2D eigenvalue weighted by molar-refractivity contribution is 14.0. The quantitative estimate of drug-likeness (QED) is 0.220. The van der Waals surface area contributed by atoms with Gasteiger partial charge in [0.25, 0.3) is 0 Å². The normalized spacial score (nSPS) is 21.3. The number of hydrogen-bond donors (Lipinski definition) is 2. The molecule has 6 nitrogen and oxygen atoms in total. The zero-order chi connectivity index (χ0) is 18.0. The average molecular weight is 500 g/mol. The number of nitrogens with one attached hydrogen (secondary N) is 2. The van der Waals surface area contributed by atoms with Crippen LogP contribution >= 0.6 is 24.0 Å². The van der Waals surface area contributed by atoms with E-state index in [1.165, 1.54) is 38.5 Å². The van der Waals surface area contributed by atoms with Gasteiger partial charge in [-0.2, -0.15) is 0 Å². The molecule has 1 aliphatic heterocycles. The summed E-state index contributed by atoms with van der Waals surface area (Å²) in [4.78, 5) is 6.87. The summed E-state index contributed by atoms with van der Waals surface area (Å²) in [5.74, 6) is 2.45. The largest absolute Gasteiger partial charge is 0.357 e. The van der Waals surface area contributed by atoms with E-state index in [4.69, 9.17) is 0 Å². The third-order valence-electron chi connectivity index (χ3n) is 5.27. The summed E-state index contributed by atoms with van der Waals surface area (Å²) in [6, 6.07) is 0. The van der Waals surface area contributed by atoms with E-state index in [0.29, 0.717) is 24.6 Å². The molecule has 0 unspecified atom stereocenters. The van der Waals surface area contributed by atoms with Crippen LogP contribution in [-0.2, 0) is 9.84 Å². The minimum Gasteiger partial charge on any atom is -0.357 e. The molecule has 0 atom stereocenters. The lowest BCUT2D eigenvalue weighted by atomic mass is 10.0. The van der Waals surface area contributed by atoms with E-state index in [0.717, 1.165) is 44.5 Å². The first kappa shape index (κ1) is 23.9. The number of halogens is 1. The summed E-state index contributed by atoms with van der Waals surface area (Å²) < 4.78 is 22.9. The monoisotopic (exact) mass is 500 g/mol. The maximum Gasteiger partial charge on any atom is 0.191 e. The molecule has 0 aromatic heterocycles. The maximum atomic E-state index is 11.4. The second-order valence-corrected chi connectivity index (χ2v) is 9.63. The van der Waals surface area contributed by atoms with Crippen molar-refractivity contribution in [3.63, 3.8) is 0 Å². The molecule has 1 heterocycles. The first-order valence-corrected chi connectivity index (χ1v) is 11.9. The summed E-state index contributed by atoms with van der Waals surface area (Å²) in [5.41, 5.74) is 0. The Morgan fingerprint density at radius 3 is 2.46 bits per heavy atom. The Kier molecular flexibility index (Phi) is 12.1.